The smallest absolute Gasteiger partial charge is 0.193 e. The van der Waals surface area contributed by atoms with Crippen molar-refractivity contribution in [3.05, 3.63) is 54.4 Å². The van der Waals surface area contributed by atoms with E-state index in [1.807, 2.05) is 37.4 Å². The topological polar surface area (TPSA) is 68.8 Å². The van der Waals surface area contributed by atoms with E-state index in [2.05, 4.69) is 48.3 Å². The highest BCUT2D eigenvalue weighted by Gasteiger charge is 2.19. The number of aromatic amines is 1. The van der Waals surface area contributed by atoms with Gasteiger partial charge in [-0.1, -0.05) is 12.1 Å². The number of hydrogen-bond acceptors (Lipinski definition) is 4. The van der Waals surface area contributed by atoms with Crippen molar-refractivity contribution in [1.29, 1.82) is 0 Å². The van der Waals surface area contributed by atoms with Crippen LogP contribution in [-0.2, 0) is 6.42 Å². The molecule has 1 fully saturated rings. The van der Waals surface area contributed by atoms with Crippen molar-refractivity contribution in [2.24, 2.45) is 4.99 Å². The number of nitrogens with zero attached hydrogens (tertiary/aromatic N) is 4. The lowest BCUT2D eigenvalue weighted by atomic mass is 10.2. The number of methoxy groups -OCH3 is 1. The summed E-state index contributed by atoms with van der Waals surface area (Å²) in [5.74, 6) is 2.92. The van der Waals surface area contributed by atoms with E-state index in [1.54, 1.807) is 7.11 Å². The first kappa shape index (κ1) is 20.1. The molecule has 1 saturated heterocycles. The van der Waals surface area contributed by atoms with Gasteiger partial charge in [-0.2, -0.15) is 0 Å². The number of guanidine groups is 1. The summed E-state index contributed by atoms with van der Waals surface area (Å²) in [4.78, 5) is 17.3. The molecule has 1 aliphatic rings. The Kier molecular flexibility index (Phi) is 6.37. The number of piperazine rings is 1. The number of benzene rings is 2. The lowest BCUT2D eigenvalue weighted by molar-refractivity contribution is 0.372. The van der Waals surface area contributed by atoms with E-state index in [-0.39, 0.29) is 0 Å². The minimum Gasteiger partial charge on any atom is -0.497 e. The summed E-state index contributed by atoms with van der Waals surface area (Å²) in [6.45, 7) is 4.74. The highest BCUT2D eigenvalue weighted by atomic mass is 16.5. The Morgan fingerprint density at radius 1 is 1.10 bits per heavy atom. The third-order valence-electron chi connectivity index (χ3n) is 5.54. The molecule has 0 saturated carbocycles. The molecule has 7 nitrogen and oxygen atoms in total. The van der Waals surface area contributed by atoms with Gasteiger partial charge in [0.1, 0.15) is 11.6 Å². The Hall–Kier alpha value is -3.22. The number of ether oxygens (including phenoxy) is 1. The Bertz CT molecular complexity index is 940. The van der Waals surface area contributed by atoms with Crippen molar-refractivity contribution >= 4 is 22.7 Å². The lowest BCUT2D eigenvalue weighted by Crippen LogP contribution is -2.52. The first-order chi connectivity index (χ1) is 14.8. The molecule has 3 aromatic rings. The molecule has 2 aromatic carbocycles. The molecule has 158 valence electrons. The van der Waals surface area contributed by atoms with Gasteiger partial charge in [-0.3, -0.25) is 4.99 Å². The van der Waals surface area contributed by atoms with Crippen molar-refractivity contribution in [3.63, 3.8) is 0 Å². The van der Waals surface area contributed by atoms with Gasteiger partial charge in [0, 0.05) is 51.9 Å². The molecule has 0 bridgehead atoms. The predicted molar refractivity (Wildman–Crippen MR) is 123 cm³/mol. The highest BCUT2D eigenvalue weighted by molar-refractivity contribution is 5.80. The van der Waals surface area contributed by atoms with Crippen LogP contribution in [0.15, 0.2) is 53.5 Å². The maximum absolute atomic E-state index is 5.25. The number of aliphatic imine (C=N–C) groups is 1. The molecule has 0 aliphatic carbocycles. The summed E-state index contributed by atoms with van der Waals surface area (Å²) >= 11 is 0. The molecule has 0 unspecified atom stereocenters. The second kappa shape index (κ2) is 9.52. The first-order valence-corrected chi connectivity index (χ1v) is 10.5. The molecule has 1 aliphatic heterocycles. The SMILES string of the molecule is CN=C(NCCCc1nc2ccccc2[nH]1)N1CCN(c2ccc(OC)cc2)CC1. The number of nitrogens with one attached hydrogen (secondary N) is 2. The number of aryl methyl sites for hydroxylation is 1. The molecule has 4 rings (SSSR count). The van der Waals surface area contributed by atoms with Crippen molar-refractivity contribution in [2.75, 3.05) is 51.8 Å². The van der Waals surface area contributed by atoms with E-state index in [0.717, 1.165) is 74.1 Å². The fraction of sp³-hybridized carbons (Fsp3) is 0.391. The molecule has 2 N–H and O–H groups in total. The van der Waals surface area contributed by atoms with Gasteiger partial charge in [0.2, 0.25) is 0 Å². The van der Waals surface area contributed by atoms with Gasteiger partial charge in [0.25, 0.3) is 0 Å². The number of hydrogen-bond donors (Lipinski definition) is 2. The molecule has 1 aromatic heterocycles. The Balaban J connectivity index is 1.22. The van der Waals surface area contributed by atoms with Gasteiger partial charge in [0.05, 0.1) is 18.1 Å². The Morgan fingerprint density at radius 3 is 2.57 bits per heavy atom. The molecule has 7 heteroatoms. The third-order valence-corrected chi connectivity index (χ3v) is 5.54. The monoisotopic (exact) mass is 406 g/mol. The van der Waals surface area contributed by atoms with E-state index in [1.165, 1.54) is 5.69 Å². The Morgan fingerprint density at radius 2 is 1.87 bits per heavy atom. The molecule has 30 heavy (non-hydrogen) atoms. The highest BCUT2D eigenvalue weighted by Crippen LogP contribution is 2.20. The second-order valence-electron chi connectivity index (χ2n) is 7.45. The summed E-state index contributed by atoms with van der Waals surface area (Å²) in [6.07, 6.45) is 1.93. The van der Waals surface area contributed by atoms with E-state index in [9.17, 15) is 0 Å². The van der Waals surface area contributed by atoms with E-state index in [0.29, 0.717) is 0 Å². The standard InChI is InChI=1S/C23H30N6O/c1-24-23(25-13-5-8-22-26-20-6-3-4-7-21(20)27-22)29-16-14-28(15-17-29)18-9-11-19(30-2)12-10-18/h3-4,6-7,9-12H,5,8,13-17H2,1-2H3,(H,24,25)(H,26,27). The van der Waals surface area contributed by atoms with Crippen LogP contribution in [0.5, 0.6) is 5.75 Å². The van der Waals surface area contributed by atoms with Crippen LogP contribution >= 0.6 is 0 Å². The molecule has 0 amide bonds. The maximum Gasteiger partial charge on any atom is 0.193 e. The van der Waals surface area contributed by atoms with Crippen molar-refractivity contribution in [1.82, 2.24) is 20.2 Å². The summed E-state index contributed by atoms with van der Waals surface area (Å²) < 4.78 is 5.25. The van der Waals surface area contributed by atoms with Crippen LogP contribution in [0.1, 0.15) is 12.2 Å². The molecule has 0 atom stereocenters. The van der Waals surface area contributed by atoms with Gasteiger partial charge in [0.15, 0.2) is 5.96 Å². The van der Waals surface area contributed by atoms with Crippen LogP contribution in [0.2, 0.25) is 0 Å². The molecule has 2 heterocycles. The van der Waals surface area contributed by atoms with Crippen LogP contribution < -0.4 is 15.0 Å². The summed E-state index contributed by atoms with van der Waals surface area (Å²) in [5, 5.41) is 3.51. The summed E-state index contributed by atoms with van der Waals surface area (Å²) in [6, 6.07) is 16.4. The van der Waals surface area contributed by atoms with Gasteiger partial charge in [-0.05, 0) is 42.8 Å². The predicted octanol–water partition coefficient (Wildman–Crippen LogP) is 2.90. The number of anilines is 1. The molecule has 0 spiro atoms. The second-order valence-corrected chi connectivity index (χ2v) is 7.45. The lowest BCUT2D eigenvalue weighted by Gasteiger charge is -2.37. The number of H-pyrrole nitrogens is 1. The minimum absolute atomic E-state index is 0.877. The number of rotatable bonds is 6. The van der Waals surface area contributed by atoms with Gasteiger partial charge >= 0.3 is 0 Å². The zero-order valence-electron chi connectivity index (χ0n) is 17.8. The summed E-state index contributed by atoms with van der Waals surface area (Å²) in [7, 11) is 3.56. The number of para-hydroxylation sites is 2. The summed E-state index contributed by atoms with van der Waals surface area (Å²) in [5.41, 5.74) is 3.38. The van der Waals surface area contributed by atoms with E-state index in [4.69, 9.17) is 4.74 Å². The van der Waals surface area contributed by atoms with Crippen molar-refractivity contribution in [2.45, 2.75) is 12.8 Å². The van der Waals surface area contributed by atoms with Gasteiger partial charge in [-0.25, -0.2) is 4.98 Å². The van der Waals surface area contributed by atoms with Gasteiger partial charge < -0.3 is 24.8 Å². The molecular formula is C23H30N6O. The minimum atomic E-state index is 0.877. The number of imidazole rings is 1. The zero-order valence-corrected chi connectivity index (χ0v) is 17.8. The zero-order chi connectivity index (χ0) is 20.8. The van der Waals surface area contributed by atoms with Crippen molar-refractivity contribution in [3.8, 4) is 5.75 Å². The number of aromatic nitrogens is 2. The van der Waals surface area contributed by atoms with Crippen molar-refractivity contribution < 1.29 is 4.74 Å². The average molecular weight is 407 g/mol. The van der Waals surface area contributed by atoms with Gasteiger partial charge in [-0.15, -0.1) is 0 Å². The quantitative estimate of drug-likeness (QED) is 0.374. The molecule has 0 radical (unpaired) electrons. The fourth-order valence-electron chi connectivity index (χ4n) is 3.88. The average Bonchev–Trinajstić information content (AvgIpc) is 3.22. The van der Waals surface area contributed by atoms with Crippen LogP contribution in [0.25, 0.3) is 11.0 Å². The van der Waals surface area contributed by atoms with E-state index < -0.39 is 0 Å². The largest absolute Gasteiger partial charge is 0.497 e. The van der Waals surface area contributed by atoms with E-state index >= 15 is 0 Å². The van der Waals surface area contributed by atoms with Crippen LogP contribution in [0.3, 0.4) is 0 Å². The van der Waals surface area contributed by atoms with Crippen LogP contribution in [0, 0.1) is 0 Å². The maximum atomic E-state index is 5.25. The van der Waals surface area contributed by atoms with Crippen LogP contribution in [-0.4, -0.2) is 67.7 Å². The third kappa shape index (κ3) is 4.67. The Labute approximate surface area is 177 Å². The molecular weight excluding hydrogens is 376 g/mol. The number of fused-ring (bicyclic) bond motifs is 1. The van der Waals surface area contributed by atoms with Crippen LogP contribution in [0.4, 0.5) is 5.69 Å². The fourth-order valence-corrected chi connectivity index (χ4v) is 3.88. The normalized spacial score (nSPS) is 14.9. The first-order valence-electron chi connectivity index (χ1n) is 10.5.